The average molecular weight is 425 g/mol. The van der Waals surface area contributed by atoms with Gasteiger partial charge in [-0.15, -0.1) is 0 Å². The van der Waals surface area contributed by atoms with E-state index in [1.165, 1.54) is 0 Å². The van der Waals surface area contributed by atoms with E-state index in [1.807, 2.05) is 38.1 Å². The smallest absolute Gasteiger partial charge is 0.259 e. The maximum absolute atomic E-state index is 12.9. The molecule has 0 spiro atoms. The van der Waals surface area contributed by atoms with Crippen LogP contribution in [0.5, 0.6) is 0 Å². The number of amides is 1. The number of carbonyl (C=O) groups is 1. The predicted molar refractivity (Wildman–Crippen MR) is 107 cm³/mol. The van der Waals surface area contributed by atoms with Gasteiger partial charge in [-0.2, -0.15) is 5.10 Å². The van der Waals surface area contributed by atoms with E-state index in [4.69, 9.17) is 4.42 Å². The molecule has 0 radical (unpaired) electrons. The summed E-state index contributed by atoms with van der Waals surface area (Å²) in [5.74, 6) is 0.392. The summed E-state index contributed by atoms with van der Waals surface area (Å²) in [7, 11) is 0. The minimum atomic E-state index is -0.201. The highest BCUT2D eigenvalue weighted by molar-refractivity contribution is 9.10. The van der Waals surface area contributed by atoms with Crippen LogP contribution < -0.4 is 5.32 Å². The van der Waals surface area contributed by atoms with E-state index in [0.29, 0.717) is 33.9 Å². The summed E-state index contributed by atoms with van der Waals surface area (Å²) < 4.78 is 8.24. The number of hydrogen-bond acceptors (Lipinski definition) is 4. The number of halogens is 1. The van der Waals surface area contributed by atoms with Gasteiger partial charge in [0.2, 0.25) is 0 Å². The van der Waals surface area contributed by atoms with Crippen LogP contribution in [-0.2, 0) is 0 Å². The molecule has 2 aromatic heterocycles. The molecule has 0 fully saturated rings. The van der Waals surface area contributed by atoms with E-state index in [0.717, 1.165) is 15.9 Å². The molecular weight excluding hydrogens is 408 g/mol. The van der Waals surface area contributed by atoms with Crippen LogP contribution in [0.3, 0.4) is 0 Å². The molecule has 0 saturated carbocycles. The van der Waals surface area contributed by atoms with Crippen molar-refractivity contribution in [2.75, 3.05) is 5.32 Å². The Kier molecular flexibility index (Phi) is 4.31. The Morgan fingerprint density at radius 2 is 1.85 bits per heavy atom. The maximum Gasteiger partial charge on any atom is 0.259 e. The van der Waals surface area contributed by atoms with Gasteiger partial charge in [-0.1, -0.05) is 15.9 Å². The van der Waals surface area contributed by atoms with E-state index in [2.05, 4.69) is 31.3 Å². The number of nitrogens with one attached hydrogen (secondary N) is 1. The Hall–Kier alpha value is -2.93. The molecule has 136 valence electrons. The standard InChI is InChI=1S/C20H17BrN4O2/c1-11-19(12(2)25(24-11)16-7-4-14(21)5-8-16)20(26)23-15-6-9-18-17(10-15)22-13(3)27-18/h4-10H,1-3H3,(H,23,26). The first-order valence-corrected chi connectivity index (χ1v) is 9.22. The first kappa shape index (κ1) is 17.5. The Labute approximate surface area is 164 Å². The van der Waals surface area contributed by atoms with Gasteiger partial charge in [0.1, 0.15) is 5.52 Å². The summed E-state index contributed by atoms with van der Waals surface area (Å²) in [6.45, 7) is 5.52. The molecule has 0 aliphatic rings. The fraction of sp³-hybridized carbons (Fsp3) is 0.150. The number of rotatable bonds is 3. The van der Waals surface area contributed by atoms with Crippen molar-refractivity contribution in [3.63, 3.8) is 0 Å². The third-order valence-electron chi connectivity index (χ3n) is 4.34. The van der Waals surface area contributed by atoms with Crippen LogP contribution in [0, 0.1) is 20.8 Å². The molecule has 4 rings (SSSR count). The largest absolute Gasteiger partial charge is 0.441 e. The zero-order valence-electron chi connectivity index (χ0n) is 15.1. The lowest BCUT2D eigenvalue weighted by Crippen LogP contribution is -2.14. The summed E-state index contributed by atoms with van der Waals surface area (Å²) in [5, 5.41) is 7.47. The number of carbonyl (C=O) groups excluding carboxylic acids is 1. The molecule has 0 bridgehead atoms. The summed E-state index contributed by atoms with van der Waals surface area (Å²) in [5.41, 5.74) is 4.99. The number of oxazole rings is 1. The highest BCUT2D eigenvalue weighted by atomic mass is 79.9. The lowest BCUT2D eigenvalue weighted by Gasteiger charge is -2.07. The summed E-state index contributed by atoms with van der Waals surface area (Å²) in [6.07, 6.45) is 0. The van der Waals surface area contributed by atoms with Crippen LogP contribution in [0.1, 0.15) is 27.6 Å². The first-order valence-electron chi connectivity index (χ1n) is 8.43. The quantitative estimate of drug-likeness (QED) is 0.504. The minimum absolute atomic E-state index is 0.201. The zero-order valence-corrected chi connectivity index (χ0v) is 16.7. The number of nitrogens with zero attached hydrogens (tertiary/aromatic N) is 3. The minimum Gasteiger partial charge on any atom is -0.441 e. The van der Waals surface area contributed by atoms with Crippen molar-refractivity contribution in [1.82, 2.24) is 14.8 Å². The second-order valence-corrected chi connectivity index (χ2v) is 7.22. The summed E-state index contributed by atoms with van der Waals surface area (Å²) in [4.78, 5) is 17.2. The van der Waals surface area contributed by atoms with E-state index < -0.39 is 0 Å². The van der Waals surface area contributed by atoms with Gasteiger partial charge < -0.3 is 9.73 Å². The van der Waals surface area contributed by atoms with Crippen molar-refractivity contribution in [3.05, 3.63) is 69.8 Å². The Bertz CT molecular complexity index is 1160. The molecule has 1 amide bonds. The van der Waals surface area contributed by atoms with E-state index in [9.17, 15) is 4.79 Å². The van der Waals surface area contributed by atoms with Gasteiger partial charge >= 0.3 is 0 Å². The number of benzene rings is 2. The molecule has 7 heteroatoms. The Morgan fingerprint density at radius 1 is 1.11 bits per heavy atom. The van der Waals surface area contributed by atoms with Crippen LogP contribution in [0.4, 0.5) is 5.69 Å². The topological polar surface area (TPSA) is 73.0 Å². The number of fused-ring (bicyclic) bond motifs is 1. The molecule has 6 nitrogen and oxygen atoms in total. The Balaban J connectivity index is 1.65. The highest BCUT2D eigenvalue weighted by Gasteiger charge is 2.20. The van der Waals surface area contributed by atoms with Crippen molar-refractivity contribution in [1.29, 1.82) is 0 Å². The van der Waals surface area contributed by atoms with Crippen LogP contribution in [0.2, 0.25) is 0 Å². The molecule has 0 aliphatic heterocycles. The molecule has 0 aliphatic carbocycles. The van der Waals surface area contributed by atoms with Gasteiger partial charge in [-0.05, 0) is 56.3 Å². The maximum atomic E-state index is 12.9. The molecule has 0 unspecified atom stereocenters. The van der Waals surface area contributed by atoms with Gasteiger partial charge in [-0.3, -0.25) is 4.79 Å². The van der Waals surface area contributed by atoms with Crippen LogP contribution >= 0.6 is 15.9 Å². The summed E-state index contributed by atoms with van der Waals surface area (Å²) in [6, 6.07) is 13.2. The number of hydrogen-bond donors (Lipinski definition) is 1. The van der Waals surface area contributed by atoms with Crippen molar-refractivity contribution in [2.24, 2.45) is 0 Å². The van der Waals surface area contributed by atoms with E-state index in [-0.39, 0.29) is 5.91 Å². The van der Waals surface area contributed by atoms with Gasteiger partial charge in [0.05, 0.1) is 22.6 Å². The normalized spacial score (nSPS) is 11.1. The lowest BCUT2D eigenvalue weighted by molar-refractivity contribution is 0.102. The molecule has 2 aromatic carbocycles. The van der Waals surface area contributed by atoms with Crippen molar-refractivity contribution in [3.8, 4) is 5.69 Å². The van der Waals surface area contributed by atoms with Gasteiger partial charge in [0, 0.05) is 17.1 Å². The molecule has 0 saturated heterocycles. The fourth-order valence-electron chi connectivity index (χ4n) is 3.12. The molecule has 2 heterocycles. The first-order chi connectivity index (χ1) is 12.9. The number of aryl methyl sites for hydroxylation is 2. The lowest BCUT2D eigenvalue weighted by atomic mass is 10.1. The summed E-state index contributed by atoms with van der Waals surface area (Å²) >= 11 is 3.43. The highest BCUT2D eigenvalue weighted by Crippen LogP contribution is 2.23. The monoisotopic (exact) mass is 424 g/mol. The SMILES string of the molecule is Cc1nc2cc(NC(=O)c3c(C)nn(-c4ccc(Br)cc4)c3C)ccc2o1. The third-order valence-corrected chi connectivity index (χ3v) is 4.87. The second-order valence-electron chi connectivity index (χ2n) is 6.30. The molecular formula is C20H17BrN4O2. The molecule has 4 aromatic rings. The second kappa shape index (κ2) is 6.66. The fourth-order valence-corrected chi connectivity index (χ4v) is 3.38. The van der Waals surface area contributed by atoms with Crippen molar-refractivity contribution < 1.29 is 9.21 Å². The zero-order chi connectivity index (χ0) is 19.1. The predicted octanol–water partition coefficient (Wildman–Crippen LogP) is 4.95. The Morgan fingerprint density at radius 3 is 2.59 bits per heavy atom. The number of anilines is 1. The van der Waals surface area contributed by atoms with Gasteiger partial charge in [0.15, 0.2) is 11.5 Å². The van der Waals surface area contributed by atoms with Gasteiger partial charge in [0.25, 0.3) is 5.91 Å². The van der Waals surface area contributed by atoms with Crippen molar-refractivity contribution >= 4 is 38.6 Å². The van der Waals surface area contributed by atoms with E-state index >= 15 is 0 Å². The van der Waals surface area contributed by atoms with Crippen LogP contribution in [-0.4, -0.2) is 20.7 Å². The molecule has 27 heavy (non-hydrogen) atoms. The number of aromatic nitrogens is 3. The van der Waals surface area contributed by atoms with Crippen molar-refractivity contribution in [2.45, 2.75) is 20.8 Å². The van der Waals surface area contributed by atoms with E-state index in [1.54, 1.807) is 29.8 Å². The third kappa shape index (κ3) is 3.26. The van der Waals surface area contributed by atoms with Gasteiger partial charge in [-0.25, -0.2) is 9.67 Å². The molecule has 0 atom stereocenters. The average Bonchev–Trinajstić information content (AvgIpc) is 3.13. The van der Waals surface area contributed by atoms with Crippen LogP contribution in [0.25, 0.3) is 16.8 Å². The molecule has 1 N–H and O–H groups in total. The van der Waals surface area contributed by atoms with Crippen LogP contribution in [0.15, 0.2) is 51.4 Å².